The van der Waals surface area contributed by atoms with Crippen LogP contribution in [0.3, 0.4) is 0 Å². The molecular weight excluding hydrogens is 522 g/mol. The fourth-order valence-electron chi connectivity index (χ4n) is 4.68. The maximum absolute atomic E-state index is 11.1. The zero-order valence-corrected chi connectivity index (χ0v) is 23.1. The van der Waals surface area contributed by atoms with Gasteiger partial charge in [0.15, 0.2) is 18.2 Å². The molecule has 0 aliphatic carbocycles. The molecule has 0 aliphatic rings. The van der Waals surface area contributed by atoms with Crippen LogP contribution in [0.15, 0.2) is 138 Å². The summed E-state index contributed by atoms with van der Waals surface area (Å²) in [4.78, 5) is 0. The second-order valence-electron chi connectivity index (χ2n) is 9.58. The first-order valence-corrected chi connectivity index (χ1v) is 13.7. The maximum atomic E-state index is 11.1. The van der Waals surface area contributed by atoms with Crippen LogP contribution in [0, 0.1) is 0 Å². The number of phenolic OH excluding ortho intramolecular Hbond substituents is 1. The van der Waals surface area contributed by atoms with Crippen molar-refractivity contribution in [2.45, 2.75) is 6.92 Å². The Morgan fingerprint density at radius 1 is 0.857 bits per heavy atom. The first-order chi connectivity index (χ1) is 20.7. The van der Waals surface area contributed by atoms with Crippen molar-refractivity contribution in [2.24, 2.45) is 10.2 Å². The number of ether oxygens (including phenoxy) is 1. The highest BCUT2D eigenvalue weighted by Gasteiger charge is 2.14. The number of benzene rings is 5. The highest BCUT2D eigenvalue weighted by atomic mass is 16.5. The number of anilines is 1. The SMILES string of the molecule is CC=Cc1cn(-c2ccc(N=Nc3c(O)c(OCNc4ccccc4)cc4ccccc34)cc2)nc1-c1ccccc1. The lowest BCUT2D eigenvalue weighted by molar-refractivity contribution is 0.324. The maximum Gasteiger partial charge on any atom is 0.186 e. The molecule has 0 atom stereocenters. The predicted molar refractivity (Wildman–Crippen MR) is 169 cm³/mol. The highest BCUT2D eigenvalue weighted by molar-refractivity contribution is 5.97. The molecule has 0 radical (unpaired) electrons. The number of fused-ring (bicyclic) bond motifs is 1. The van der Waals surface area contributed by atoms with Crippen molar-refractivity contribution in [1.29, 1.82) is 0 Å². The number of nitrogens with one attached hydrogen (secondary N) is 1. The Labute approximate surface area is 244 Å². The number of nitrogens with zero attached hydrogens (tertiary/aromatic N) is 4. The van der Waals surface area contributed by atoms with Gasteiger partial charge in [-0.25, -0.2) is 4.68 Å². The summed E-state index contributed by atoms with van der Waals surface area (Å²) < 4.78 is 7.75. The van der Waals surface area contributed by atoms with E-state index in [1.165, 1.54) is 0 Å². The molecule has 0 fully saturated rings. The van der Waals surface area contributed by atoms with E-state index < -0.39 is 0 Å². The summed E-state index contributed by atoms with van der Waals surface area (Å²) in [5.74, 6) is 0.261. The van der Waals surface area contributed by atoms with Crippen molar-refractivity contribution in [1.82, 2.24) is 9.78 Å². The summed E-state index contributed by atoms with van der Waals surface area (Å²) >= 11 is 0. The molecule has 6 aromatic rings. The molecule has 0 saturated carbocycles. The molecule has 0 aliphatic heterocycles. The van der Waals surface area contributed by atoms with Crippen LogP contribution in [0.2, 0.25) is 0 Å². The van der Waals surface area contributed by atoms with E-state index in [0.717, 1.165) is 39.0 Å². The molecule has 0 amide bonds. The molecule has 6 rings (SSSR count). The summed E-state index contributed by atoms with van der Waals surface area (Å²) in [5.41, 5.74) is 5.83. The van der Waals surface area contributed by atoms with Gasteiger partial charge in [-0.05, 0) is 54.8 Å². The van der Waals surface area contributed by atoms with Gasteiger partial charge in [-0.3, -0.25) is 0 Å². The third-order valence-corrected chi connectivity index (χ3v) is 6.75. The van der Waals surface area contributed by atoms with E-state index in [1.807, 2.05) is 121 Å². The monoisotopic (exact) mass is 551 g/mol. The van der Waals surface area contributed by atoms with Gasteiger partial charge in [0.25, 0.3) is 0 Å². The Kier molecular flexibility index (Phi) is 7.72. The van der Waals surface area contributed by atoms with Crippen molar-refractivity contribution in [3.05, 3.63) is 133 Å². The highest BCUT2D eigenvalue weighted by Crippen LogP contribution is 2.43. The third-order valence-electron chi connectivity index (χ3n) is 6.75. The zero-order valence-electron chi connectivity index (χ0n) is 23.1. The van der Waals surface area contributed by atoms with E-state index in [4.69, 9.17) is 9.84 Å². The number of hydrogen-bond acceptors (Lipinski definition) is 6. The largest absolute Gasteiger partial charge is 0.503 e. The van der Waals surface area contributed by atoms with Crippen LogP contribution in [0.1, 0.15) is 12.5 Å². The van der Waals surface area contributed by atoms with Crippen molar-refractivity contribution in [3.8, 4) is 28.4 Å². The normalized spacial score (nSPS) is 11.5. The average molecular weight is 552 g/mol. The van der Waals surface area contributed by atoms with Crippen molar-refractivity contribution in [3.63, 3.8) is 0 Å². The molecule has 2 N–H and O–H groups in total. The number of aromatic nitrogens is 2. The van der Waals surface area contributed by atoms with Crippen molar-refractivity contribution < 1.29 is 9.84 Å². The first kappa shape index (κ1) is 26.5. The molecule has 206 valence electrons. The molecule has 0 spiro atoms. The minimum absolute atomic E-state index is 0.0644. The van der Waals surface area contributed by atoms with Gasteiger partial charge in [-0.2, -0.15) is 10.2 Å². The molecule has 7 nitrogen and oxygen atoms in total. The first-order valence-electron chi connectivity index (χ1n) is 13.7. The van der Waals surface area contributed by atoms with E-state index in [9.17, 15) is 5.11 Å². The van der Waals surface area contributed by atoms with Crippen LogP contribution < -0.4 is 10.1 Å². The van der Waals surface area contributed by atoms with Crippen LogP contribution in [-0.4, -0.2) is 21.6 Å². The summed E-state index contributed by atoms with van der Waals surface area (Å²) in [6.45, 7) is 2.18. The molecule has 1 aromatic heterocycles. The molecule has 0 saturated heterocycles. The average Bonchev–Trinajstić information content (AvgIpc) is 3.46. The number of phenols is 1. The van der Waals surface area contributed by atoms with E-state index in [0.29, 0.717) is 17.1 Å². The Morgan fingerprint density at radius 2 is 1.57 bits per heavy atom. The Hall–Kier alpha value is -5.69. The van der Waals surface area contributed by atoms with Gasteiger partial charge in [-0.15, -0.1) is 5.11 Å². The summed E-state index contributed by atoms with van der Waals surface area (Å²) in [7, 11) is 0. The number of para-hydroxylation sites is 1. The minimum atomic E-state index is -0.0644. The second-order valence-corrected chi connectivity index (χ2v) is 9.58. The van der Waals surface area contributed by atoms with Gasteiger partial charge in [-0.1, -0.05) is 84.9 Å². The van der Waals surface area contributed by atoms with Crippen LogP contribution in [0.4, 0.5) is 17.1 Å². The minimum Gasteiger partial charge on any atom is -0.503 e. The van der Waals surface area contributed by atoms with Gasteiger partial charge in [0, 0.05) is 28.4 Å². The van der Waals surface area contributed by atoms with Crippen molar-refractivity contribution >= 4 is 33.9 Å². The third kappa shape index (κ3) is 5.76. The number of azo groups is 1. The lowest BCUT2D eigenvalue weighted by Crippen LogP contribution is -2.08. The Morgan fingerprint density at radius 3 is 2.33 bits per heavy atom. The predicted octanol–water partition coefficient (Wildman–Crippen LogP) is 9.29. The number of aromatic hydroxyl groups is 1. The van der Waals surface area contributed by atoms with Gasteiger partial charge in [0.1, 0.15) is 5.69 Å². The van der Waals surface area contributed by atoms with Gasteiger partial charge < -0.3 is 15.2 Å². The van der Waals surface area contributed by atoms with E-state index in [2.05, 4.69) is 33.8 Å². The molecule has 0 unspecified atom stereocenters. The molecule has 5 aromatic carbocycles. The lowest BCUT2D eigenvalue weighted by atomic mass is 10.1. The van der Waals surface area contributed by atoms with Gasteiger partial charge >= 0.3 is 0 Å². The van der Waals surface area contributed by atoms with Crippen molar-refractivity contribution in [2.75, 3.05) is 12.0 Å². The smallest absolute Gasteiger partial charge is 0.186 e. The topological polar surface area (TPSA) is 84.0 Å². The van der Waals surface area contributed by atoms with E-state index >= 15 is 0 Å². The van der Waals surface area contributed by atoms with E-state index in [1.54, 1.807) is 6.07 Å². The number of hydrogen-bond donors (Lipinski definition) is 2. The Bertz CT molecular complexity index is 1860. The van der Waals surface area contributed by atoms with E-state index in [-0.39, 0.29) is 12.5 Å². The molecule has 0 bridgehead atoms. The van der Waals surface area contributed by atoms with Crippen LogP contribution >= 0.6 is 0 Å². The summed E-state index contributed by atoms with van der Waals surface area (Å²) in [5, 5.41) is 29.7. The number of rotatable bonds is 9. The van der Waals surface area contributed by atoms with Crippen LogP contribution in [-0.2, 0) is 0 Å². The van der Waals surface area contributed by atoms with Crippen LogP contribution in [0.25, 0.3) is 33.8 Å². The summed E-state index contributed by atoms with van der Waals surface area (Å²) in [6.07, 6.45) is 6.08. The Balaban J connectivity index is 1.25. The molecule has 7 heteroatoms. The van der Waals surface area contributed by atoms with Gasteiger partial charge in [0.05, 0.1) is 17.1 Å². The molecular formula is C35H29N5O2. The zero-order chi connectivity index (χ0) is 28.7. The molecule has 42 heavy (non-hydrogen) atoms. The lowest BCUT2D eigenvalue weighted by Gasteiger charge is -2.13. The molecule has 1 heterocycles. The summed E-state index contributed by atoms with van der Waals surface area (Å²) in [6, 6.07) is 37.0. The number of allylic oxidation sites excluding steroid dienone is 1. The fourth-order valence-corrected chi connectivity index (χ4v) is 4.68. The van der Waals surface area contributed by atoms with Gasteiger partial charge in [0.2, 0.25) is 0 Å². The second kappa shape index (κ2) is 12.2. The fraction of sp³-hybridized carbons (Fsp3) is 0.0571. The standard InChI is InChI=1S/C35H29N5O2/c1-2-11-27-23-40(39-33(27)25-12-5-3-6-13-25)30-20-18-29(19-21-30)37-38-34-31-17-10-9-14-26(31)22-32(35(34)41)42-24-36-28-15-7-4-8-16-28/h2-23,36,41H,24H2,1H3. The quantitative estimate of drug-likeness (QED) is 0.139. The van der Waals surface area contributed by atoms with Crippen LogP contribution in [0.5, 0.6) is 11.5 Å².